The van der Waals surface area contributed by atoms with Crippen molar-refractivity contribution in [1.29, 1.82) is 0 Å². The van der Waals surface area contributed by atoms with Crippen molar-refractivity contribution in [1.82, 2.24) is 9.88 Å². The summed E-state index contributed by atoms with van der Waals surface area (Å²) in [5.74, 6) is -1.03. The number of pyridine rings is 1. The maximum absolute atomic E-state index is 12.7. The van der Waals surface area contributed by atoms with E-state index in [0.29, 0.717) is 6.54 Å². The van der Waals surface area contributed by atoms with Gasteiger partial charge in [0.05, 0.1) is 5.92 Å². The second kappa shape index (κ2) is 7.64. The van der Waals surface area contributed by atoms with Gasteiger partial charge in [-0.05, 0) is 37.8 Å². The SMILES string of the molecule is Cl.O=C(O)CN(C(=O)C1CCCN(c2ccncc2)C1)C1CC1. The Morgan fingerprint density at radius 1 is 1.26 bits per heavy atom. The molecule has 1 N–H and O–H groups in total. The molecule has 2 aliphatic rings. The molecule has 7 heteroatoms. The fourth-order valence-electron chi connectivity index (χ4n) is 3.12. The summed E-state index contributed by atoms with van der Waals surface area (Å²) in [7, 11) is 0. The number of carbonyl (C=O) groups excluding carboxylic acids is 1. The van der Waals surface area contributed by atoms with Crippen molar-refractivity contribution < 1.29 is 14.7 Å². The van der Waals surface area contributed by atoms with Crippen LogP contribution in [0.2, 0.25) is 0 Å². The van der Waals surface area contributed by atoms with Gasteiger partial charge in [0.1, 0.15) is 6.54 Å². The molecule has 0 radical (unpaired) electrons. The molecule has 1 aromatic heterocycles. The van der Waals surface area contributed by atoms with E-state index in [1.54, 1.807) is 17.3 Å². The monoisotopic (exact) mass is 339 g/mol. The number of anilines is 1. The van der Waals surface area contributed by atoms with Gasteiger partial charge in [-0.15, -0.1) is 12.4 Å². The van der Waals surface area contributed by atoms with Crippen molar-refractivity contribution in [2.75, 3.05) is 24.5 Å². The molecule has 6 nitrogen and oxygen atoms in total. The standard InChI is InChI=1S/C16H21N3O3.ClH/c20-15(21)11-19(14-3-4-14)16(22)12-2-1-9-18(10-12)13-5-7-17-8-6-13;/h5-8,12,14H,1-4,9-11H2,(H,20,21);1H. The Balaban J connectivity index is 0.00000192. The minimum absolute atomic E-state index is 0. The number of carbonyl (C=O) groups is 2. The summed E-state index contributed by atoms with van der Waals surface area (Å²) in [5.41, 5.74) is 1.07. The minimum Gasteiger partial charge on any atom is -0.480 e. The number of nitrogens with zero attached hydrogens (tertiary/aromatic N) is 3. The van der Waals surface area contributed by atoms with Crippen molar-refractivity contribution >= 4 is 30.0 Å². The van der Waals surface area contributed by atoms with Crippen LogP contribution in [-0.2, 0) is 9.59 Å². The van der Waals surface area contributed by atoms with Gasteiger partial charge in [-0.1, -0.05) is 0 Å². The number of rotatable bonds is 5. The highest BCUT2D eigenvalue weighted by molar-refractivity contribution is 5.85. The predicted octanol–water partition coefficient (Wildman–Crippen LogP) is 1.80. The minimum atomic E-state index is -0.929. The number of halogens is 1. The summed E-state index contributed by atoms with van der Waals surface area (Å²) < 4.78 is 0. The lowest BCUT2D eigenvalue weighted by molar-refractivity contribution is -0.147. The Morgan fingerprint density at radius 3 is 2.57 bits per heavy atom. The average Bonchev–Trinajstić information content (AvgIpc) is 3.37. The van der Waals surface area contributed by atoms with Crippen LogP contribution in [0.1, 0.15) is 25.7 Å². The molecule has 0 aromatic carbocycles. The van der Waals surface area contributed by atoms with Gasteiger partial charge in [0.2, 0.25) is 5.91 Å². The van der Waals surface area contributed by atoms with E-state index in [2.05, 4.69) is 9.88 Å². The molecule has 1 amide bonds. The molecule has 1 aromatic rings. The van der Waals surface area contributed by atoms with Gasteiger partial charge in [0, 0.05) is 37.2 Å². The smallest absolute Gasteiger partial charge is 0.323 e. The van der Waals surface area contributed by atoms with E-state index >= 15 is 0 Å². The third-order valence-corrected chi connectivity index (χ3v) is 4.37. The predicted molar refractivity (Wildman–Crippen MR) is 88.8 cm³/mol. The maximum Gasteiger partial charge on any atom is 0.323 e. The molecule has 1 saturated heterocycles. The zero-order chi connectivity index (χ0) is 15.5. The molecule has 0 spiro atoms. The maximum atomic E-state index is 12.7. The molecule has 1 saturated carbocycles. The van der Waals surface area contributed by atoms with Gasteiger partial charge < -0.3 is 14.9 Å². The summed E-state index contributed by atoms with van der Waals surface area (Å²) in [6.07, 6.45) is 7.15. The topological polar surface area (TPSA) is 73.7 Å². The number of aromatic nitrogens is 1. The van der Waals surface area contributed by atoms with Crippen LogP contribution in [0, 0.1) is 5.92 Å². The zero-order valence-corrected chi connectivity index (χ0v) is 13.7. The molecule has 23 heavy (non-hydrogen) atoms. The molecule has 1 unspecified atom stereocenters. The van der Waals surface area contributed by atoms with Crippen molar-refractivity contribution in [3.8, 4) is 0 Å². The van der Waals surface area contributed by atoms with Crippen LogP contribution in [0.5, 0.6) is 0 Å². The Labute approximate surface area is 141 Å². The van der Waals surface area contributed by atoms with Crippen LogP contribution in [-0.4, -0.2) is 52.5 Å². The molecule has 1 aliphatic heterocycles. The van der Waals surface area contributed by atoms with E-state index in [1.165, 1.54) is 0 Å². The molecular weight excluding hydrogens is 318 g/mol. The first-order chi connectivity index (χ1) is 10.6. The third kappa shape index (κ3) is 4.34. The lowest BCUT2D eigenvalue weighted by atomic mass is 9.96. The molecule has 1 atom stereocenters. The van der Waals surface area contributed by atoms with Crippen LogP contribution in [0.15, 0.2) is 24.5 Å². The summed E-state index contributed by atoms with van der Waals surface area (Å²) in [5, 5.41) is 9.03. The van der Waals surface area contributed by atoms with Gasteiger partial charge in [-0.25, -0.2) is 0 Å². The van der Waals surface area contributed by atoms with E-state index in [9.17, 15) is 9.59 Å². The summed E-state index contributed by atoms with van der Waals surface area (Å²) in [6.45, 7) is 1.41. The van der Waals surface area contributed by atoms with E-state index in [4.69, 9.17) is 5.11 Å². The summed E-state index contributed by atoms with van der Waals surface area (Å²) >= 11 is 0. The number of aliphatic carboxylic acids is 1. The van der Waals surface area contributed by atoms with E-state index in [-0.39, 0.29) is 36.8 Å². The van der Waals surface area contributed by atoms with Crippen molar-refractivity contribution in [3.05, 3.63) is 24.5 Å². The van der Waals surface area contributed by atoms with Crippen LogP contribution in [0.4, 0.5) is 5.69 Å². The lowest BCUT2D eigenvalue weighted by Crippen LogP contribution is -2.47. The van der Waals surface area contributed by atoms with Crippen molar-refractivity contribution in [3.63, 3.8) is 0 Å². The van der Waals surface area contributed by atoms with E-state index in [0.717, 1.165) is 37.9 Å². The molecular formula is C16H22ClN3O3. The van der Waals surface area contributed by atoms with E-state index in [1.807, 2.05) is 12.1 Å². The van der Waals surface area contributed by atoms with Crippen molar-refractivity contribution in [2.45, 2.75) is 31.7 Å². The van der Waals surface area contributed by atoms with E-state index < -0.39 is 5.97 Å². The first kappa shape index (κ1) is 17.5. The Morgan fingerprint density at radius 2 is 1.96 bits per heavy atom. The molecule has 126 valence electrons. The molecule has 2 heterocycles. The molecule has 2 fully saturated rings. The third-order valence-electron chi connectivity index (χ3n) is 4.37. The van der Waals surface area contributed by atoms with Crippen LogP contribution >= 0.6 is 12.4 Å². The normalized spacial score (nSPS) is 20.5. The van der Waals surface area contributed by atoms with Crippen molar-refractivity contribution in [2.24, 2.45) is 5.92 Å². The fourth-order valence-corrected chi connectivity index (χ4v) is 3.12. The Kier molecular flexibility index (Phi) is 5.82. The van der Waals surface area contributed by atoms with Gasteiger partial charge >= 0.3 is 5.97 Å². The fraction of sp³-hybridized carbons (Fsp3) is 0.562. The Hall–Kier alpha value is -1.82. The average molecular weight is 340 g/mol. The highest BCUT2D eigenvalue weighted by atomic mass is 35.5. The van der Waals surface area contributed by atoms with Gasteiger partial charge in [-0.2, -0.15) is 0 Å². The number of carboxylic acid groups (broad SMARTS) is 1. The van der Waals surface area contributed by atoms with Crippen LogP contribution in [0.3, 0.4) is 0 Å². The van der Waals surface area contributed by atoms with Crippen LogP contribution in [0.25, 0.3) is 0 Å². The number of piperidine rings is 1. The zero-order valence-electron chi connectivity index (χ0n) is 12.9. The summed E-state index contributed by atoms with van der Waals surface area (Å²) in [6, 6.07) is 4.03. The first-order valence-electron chi connectivity index (χ1n) is 7.82. The largest absolute Gasteiger partial charge is 0.480 e. The summed E-state index contributed by atoms with van der Waals surface area (Å²) in [4.78, 5) is 31.5. The van der Waals surface area contributed by atoms with Gasteiger partial charge in [-0.3, -0.25) is 14.6 Å². The highest BCUT2D eigenvalue weighted by Crippen LogP contribution is 2.30. The lowest BCUT2D eigenvalue weighted by Gasteiger charge is -2.36. The second-order valence-corrected chi connectivity index (χ2v) is 6.08. The van der Waals surface area contributed by atoms with Gasteiger partial charge in [0.15, 0.2) is 0 Å². The second-order valence-electron chi connectivity index (χ2n) is 6.08. The first-order valence-corrected chi connectivity index (χ1v) is 7.82. The highest BCUT2D eigenvalue weighted by Gasteiger charge is 2.38. The quantitative estimate of drug-likeness (QED) is 0.885. The van der Waals surface area contributed by atoms with Crippen LogP contribution < -0.4 is 4.90 Å². The number of hydrogen-bond acceptors (Lipinski definition) is 4. The number of hydrogen-bond donors (Lipinski definition) is 1. The molecule has 3 rings (SSSR count). The van der Waals surface area contributed by atoms with Gasteiger partial charge in [0.25, 0.3) is 0 Å². The molecule has 0 bridgehead atoms. The number of amides is 1. The molecule has 1 aliphatic carbocycles. The Bertz CT molecular complexity index is 551. The number of carboxylic acids is 1.